The zero-order valence-corrected chi connectivity index (χ0v) is 19.2. The summed E-state index contributed by atoms with van der Waals surface area (Å²) < 4.78 is 29.7. The first kappa shape index (κ1) is 26.8. The number of hydrogen-bond acceptors (Lipinski definition) is 7. The van der Waals surface area contributed by atoms with Crippen LogP contribution in [0.2, 0.25) is 0 Å². The van der Waals surface area contributed by atoms with Gasteiger partial charge >= 0.3 is 0 Å². The second-order valence-corrected chi connectivity index (χ2v) is 10.2. The number of ether oxygens (including phenoxy) is 1. The molecule has 0 spiro atoms. The van der Waals surface area contributed by atoms with Crippen molar-refractivity contribution in [1.82, 2.24) is 10.9 Å². The van der Waals surface area contributed by atoms with Gasteiger partial charge < -0.3 is 4.74 Å². The normalized spacial score (nSPS) is 16.0. The van der Waals surface area contributed by atoms with Crippen molar-refractivity contribution in [3.63, 3.8) is 0 Å². The van der Waals surface area contributed by atoms with E-state index in [4.69, 9.17) is 10.6 Å². The molecule has 0 heterocycles. The summed E-state index contributed by atoms with van der Waals surface area (Å²) in [6.07, 6.45) is 4.05. The Morgan fingerprint density at radius 3 is 2.29 bits per heavy atom. The van der Waals surface area contributed by atoms with Gasteiger partial charge in [0.05, 0.1) is 11.8 Å². The first-order valence-corrected chi connectivity index (χ1v) is 11.8. The fourth-order valence-corrected chi connectivity index (χ4v) is 5.27. The van der Waals surface area contributed by atoms with Gasteiger partial charge in [-0.2, -0.15) is 0 Å². The molecule has 0 bridgehead atoms. The van der Waals surface area contributed by atoms with Gasteiger partial charge in [-0.15, -0.1) is 0 Å². The fraction of sp³-hybridized carbons (Fsp3) is 0.524. The van der Waals surface area contributed by atoms with Crippen molar-refractivity contribution in [2.75, 3.05) is 20.0 Å². The molecule has 174 valence electrons. The molecule has 1 unspecified atom stereocenters. The van der Waals surface area contributed by atoms with Crippen molar-refractivity contribution >= 4 is 27.7 Å². The quantitative estimate of drug-likeness (QED) is 0.161. The third-order valence-corrected chi connectivity index (χ3v) is 7.25. The van der Waals surface area contributed by atoms with Crippen molar-refractivity contribution in [3.05, 3.63) is 42.0 Å². The lowest BCUT2D eigenvalue weighted by Gasteiger charge is -2.39. The van der Waals surface area contributed by atoms with Crippen LogP contribution in [0.25, 0.3) is 6.08 Å². The van der Waals surface area contributed by atoms with Crippen LogP contribution >= 0.6 is 0 Å². The first-order valence-electron chi connectivity index (χ1n) is 9.91. The summed E-state index contributed by atoms with van der Waals surface area (Å²) in [5, 5.41) is 9.47. The largest absolute Gasteiger partial charge is 0.385 e. The van der Waals surface area contributed by atoms with Crippen LogP contribution < -0.4 is 16.7 Å². The number of carbonyl (C=O) groups excluding carboxylic acids is 2. The van der Waals surface area contributed by atoms with Gasteiger partial charge in [0, 0.05) is 20.0 Å². The van der Waals surface area contributed by atoms with Gasteiger partial charge in [0.2, 0.25) is 11.8 Å². The highest BCUT2D eigenvalue weighted by atomic mass is 32.2. The minimum Gasteiger partial charge on any atom is -0.385 e. The average molecular weight is 456 g/mol. The van der Waals surface area contributed by atoms with Gasteiger partial charge in [-0.3, -0.25) is 20.2 Å². The number of rotatable bonds is 12. The van der Waals surface area contributed by atoms with E-state index in [1.54, 1.807) is 35.8 Å². The molecule has 1 aromatic rings. The summed E-state index contributed by atoms with van der Waals surface area (Å²) >= 11 is 0. The highest BCUT2D eigenvalue weighted by Crippen LogP contribution is 2.40. The second-order valence-electron chi connectivity index (χ2n) is 7.91. The van der Waals surface area contributed by atoms with E-state index in [0.717, 1.165) is 6.26 Å². The average Bonchev–Trinajstić information content (AvgIpc) is 2.73. The third kappa shape index (κ3) is 6.86. The Kier molecular flexibility index (Phi) is 10.3. The molecule has 1 aromatic carbocycles. The van der Waals surface area contributed by atoms with E-state index >= 15 is 0 Å². The number of hydrazine groups is 1. The summed E-state index contributed by atoms with van der Waals surface area (Å²) in [6, 6.07) is 8.95. The van der Waals surface area contributed by atoms with Crippen LogP contribution in [0.4, 0.5) is 0 Å². The number of benzene rings is 1. The van der Waals surface area contributed by atoms with Gasteiger partial charge in [-0.1, -0.05) is 56.3 Å². The summed E-state index contributed by atoms with van der Waals surface area (Å²) in [4.78, 5) is 25.6. The summed E-state index contributed by atoms with van der Waals surface area (Å²) in [7, 11) is -2.60. The van der Waals surface area contributed by atoms with Crippen molar-refractivity contribution in [1.29, 1.82) is 0 Å². The molecule has 0 aliphatic heterocycles. The Hall–Kier alpha value is -2.27. The maximum Gasteiger partial charge on any atom is 0.249 e. The topological polar surface area (TPSA) is 148 Å². The standard InChI is InChI=1S/C21H33N3O6S/c1-15(2)14-17(19(25)23-22)18(20(26)24-27)21(12-13-30-3,31(4,28)29)11-10-16-8-6-5-7-9-16/h5-11,15,17-18,27H,12-14,22H2,1-4H3,(H,23,25)(H,24,26)/b11-10+/t17-,18+,21?/m1/s1. The van der Waals surface area contributed by atoms with Crippen molar-refractivity contribution in [2.45, 2.75) is 31.4 Å². The molecular formula is C21H33N3O6S. The van der Waals surface area contributed by atoms with Gasteiger partial charge in [-0.25, -0.2) is 19.7 Å². The smallest absolute Gasteiger partial charge is 0.249 e. The number of nitrogens with one attached hydrogen (secondary N) is 2. The van der Waals surface area contributed by atoms with Crippen LogP contribution in [-0.4, -0.2) is 50.2 Å². The molecule has 10 heteroatoms. The van der Waals surface area contributed by atoms with Crippen LogP contribution in [0, 0.1) is 17.8 Å². The lowest BCUT2D eigenvalue weighted by molar-refractivity contribution is -0.142. The van der Waals surface area contributed by atoms with Gasteiger partial charge in [-0.05, 0) is 24.3 Å². The molecule has 3 atom stereocenters. The van der Waals surface area contributed by atoms with Crippen molar-refractivity contribution < 1.29 is 28.0 Å². The van der Waals surface area contributed by atoms with E-state index in [9.17, 15) is 23.2 Å². The summed E-state index contributed by atoms with van der Waals surface area (Å²) in [5.74, 6) is 1.03. The number of nitrogens with two attached hydrogens (primary N) is 1. The number of sulfone groups is 1. The molecular weight excluding hydrogens is 422 g/mol. The Morgan fingerprint density at radius 1 is 1.23 bits per heavy atom. The molecule has 9 nitrogen and oxygen atoms in total. The molecule has 0 saturated heterocycles. The maximum absolute atomic E-state index is 13.2. The second kappa shape index (κ2) is 11.9. The highest BCUT2D eigenvalue weighted by Gasteiger charge is 2.54. The Labute approximate surface area is 183 Å². The number of carbonyl (C=O) groups is 2. The zero-order valence-electron chi connectivity index (χ0n) is 18.4. The predicted molar refractivity (Wildman–Crippen MR) is 118 cm³/mol. The highest BCUT2D eigenvalue weighted by molar-refractivity contribution is 7.92. The molecule has 0 aromatic heterocycles. The van der Waals surface area contributed by atoms with E-state index in [1.807, 2.05) is 25.3 Å². The van der Waals surface area contributed by atoms with E-state index in [-0.39, 0.29) is 25.4 Å². The minimum atomic E-state index is -4.01. The molecule has 5 N–H and O–H groups in total. The van der Waals surface area contributed by atoms with Crippen LogP contribution in [0.3, 0.4) is 0 Å². The fourth-order valence-electron chi connectivity index (χ4n) is 3.77. The molecule has 1 rings (SSSR count). The molecule has 0 aliphatic rings. The number of methoxy groups -OCH3 is 1. The summed E-state index contributed by atoms with van der Waals surface area (Å²) in [6.45, 7) is 3.67. The number of hydroxylamine groups is 1. The molecule has 0 fully saturated rings. The molecule has 0 aliphatic carbocycles. The van der Waals surface area contributed by atoms with Crippen molar-refractivity contribution in [2.24, 2.45) is 23.6 Å². The predicted octanol–water partition coefficient (Wildman–Crippen LogP) is 1.29. The number of hydrogen-bond donors (Lipinski definition) is 4. The van der Waals surface area contributed by atoms with Gasteiger partial charge in [0.15, 0.2) is 9.84 Å². The third-order valence-electron chi connectivity index (χ3n) is 5.27. The maximum atomic E-state index is 13.2. The van der Waals surface area contributed by atoms with Gasteiger partial charge in [0.1, 0.15) is 4.75 Å². The number of amides is 2. The minimum absolute atomic E-state index is 0.0000505. The van der Waals surface area contributed by atoms with Crippen LogP contribution in [0.15, 0.2) is 36.4 Å². The van der Waals surface area contributed by atoms with Crippen LogP contribution in [0.5, 0.6) is 0 Å². The molecule has 0 radical (unpaired) electrons. The van der Waals surface area contributed by atoms with E-state index < -0.39 is 38.2 Å². The van der Waals surface area contributed by atoms with Gasteiger partial charge in [0.25, 0.3) is 0 Å². The van der Waals surface area contributed by atoms with Crippen LogP contribution in [-0.2, 0) is 24.2 Å². The lowest BCUT2D eigenvalue weighted by atomic mass is 9.74. The molecule has 31 heavy (non-hydrogen) atoms. The Morgan fingerprint density at radius 2 is 1.84 bits per heavy atom. The summed E-state index contributed by atoms with van der Waals surface area (Å²) in [5.41, 5.74) is 4.29. The lowest BCUT2D eigenvalue weighted by Crippen LogP contribution is -2.57. The monoisotopic (exact) mass is 455 g/mol. The SMILES string of the molecule is COCCC(/C=C/c1ccccc1)([C@H](C(=O)NO)[C@@H](CC(C)C)C(=O)NN)S(C)(=O)=O. The Bertz CT molecular complexity index is 857. The van der Waals surface area contributed by atoms with E-state index in [1.165, 1.54) is 13.2 Å². The van der Waals surface area contributed by atoms with E-state index in [2.05, 4.69) is 0 Å². The Balaban J connectivity index is 3.83. The first-order chi connectivity index (χ1) is 14.5. The van der Waals surface area contributed by atoms with Crippen LogP contribution in [0.1, 0.15) is 32.3 Å². The zero-order chi connectivity index (χ0) is 23.7. The van der Waals surface area contributed by atoms with Crippen molar-refractivity contribution in [3.8, 4) is 0 Å². The van der Waals surface area contributed by atoms with E-state index in [0.29, 0.717) is 5.56 Å². The molecule has 2 amide bonds. The molecule has 0 saturated carbocycles.